The monoisotopic (exact) mass is 1040 g/mol. The maximum Gasteiger partial charge on any atom is 0.472 e. The van der Waals surface area contributed by atoms with Crippen LogP contribution in [0.1, 0.15) is 278 Å². The number of allylic oxidation sites excluding steroid dienone is 8. The van der Waals surface area contributed by atoms with Gasteiger partial charge in [0.1, 0.15) is 12.7 Å². The molecule has 11 nitrogen and oxygen atoms in total. The third kappa shape index (κ3) is 52.3. The Kier molecular flexibility index (Phi) is 52.7. The van der Waals surface area contributed by atoms with Crippen LogP contribution < -0.4 is 0 Å². The van der Waals surface area contributed by atoms with Gasteiger partial charge in [0.2, 0.25) is 0 Å². The van der Waals surface area contributed by atoms with Crippen LogP contribution in [0.2, 0.25) is 0 Å². The summed E-state index contributed by atoms with van der Waals surface area (Å²) in [6.45, 7) is 4.57. The molecule has 0 aromatic heterocycles. The summed E-state index contributed by atoms with van der Waals surface area (Å²) in [5.74, 6) is -1.47. The van der Waals surface area contributed by atoms with Gasteiger partial charge in [-0.15, -0.1) is 0 Å². The van der Waals surface area contributed by atoms with Gasteiger partial charge in [-0.1, -0.05) is 230 Å². The number of carbonyl (C=O) groups is 3. The topological polar surface area (TPSA) is 155 Å². The molecule has 0 aromatic carbocycles. The molecule has 0 radical (unpaired) electrons. The van der Waals surface area contributed by atoms with Crippen molar-refractivity contribution in [1.82, 2.24) is 0 Å². The number of aliphatic hydroxyl groups is 1. The van der Waals surface area contributed by atoms with E-state index in [4.69, 9.17) is 23.3 Å². The van der Waals surface area contributed by atoms with Gasteiger partial charge in [-0.25, -0.2) is 4.57 Å². The lowest BCUT2D eigenvalue weighted by Crippen LogP contribution is -2.30. The largest absolute Gasteiger partial charge is 0.472 e. The first-order valence-corrected chi connectivity index (χ1v) is 31.0. The summed E-state index contributed by atoms with van der Waals surface area (Å²) >= 11 is 0. The summed E-state index contributed by atoms with van der Waals surface area (Å²) in [5.41, 5.74) is 0. The Morgan fingerprint density at radius 3 is 1.11 bits per heavy atom. The van der Waals surface area contributed by atoms with Gasteiger partial charge in [-0.05, 0) is 77.0 Å². The number of hydrogen-bond acceptors (Lipinski definition) is 10. The molecule has 0 heterocycles. The van der Waals surface area contributed by atoms with Gasteiger partial charge in [0.05, 0.1) is 19.8 Å². The summed E-state index contributed by atoms with van der Waals surface area (Å²) < 4.78 is 39.5. The van der Waals surface area contributed by atoms with Crippen molar-refractivity contribution in [1.29, 1.82) is 0 Å². The van der Waals surface area contributed by atoms with Crippen LogP contribution >= 0.6 is 7.82 Å². The summed E-state index contributed by atoms with van der Waals surface area (Å²) in [6.07, 6.45) is 57.8. The van der Waals surface area contributed by atoms with Gasteiger partial charge >= 0.3 is 25.7 Å². The van der Waals surface area contributed by atoms with Gasteiger partial charge in [0.25, 0.3) is 0 Å². The molecule has 0 rings (SSSR count). The van der Waals surface area contributed by atoms with Crippen molar-refractivity contribution in [2.75, 3.05) is 26.4 Å². The summed E-state index contributed by atoms with van der Waals surface area (Å²) in [4.78, 5) is 48.5. The number of ether oxygens (including phenoxy) is 3. The molecule has 0 bridgehead atoms. The molecule has 2 N–H and O–H groups in total. The normalized spacial score (nSPS) is 13.7. The Bertz CT molecular complexity index is 1400. The molecule has 0 amide bonds. The van der Waals surface area contributed by atoms with Crippen LogP contribution in [0.5, 0.6) is 0 Å². The molecule has 0 aliphatic carbocycles. The minimum absolute atomic E-state index is 0.162. The maximum absolute atomic E-state index is 12.9. The lowest BCUT2D eigenvalue weighted by Gasteiger charge is -2.21. The standard InChI is InChI=1S/C60H109O11P/c1-4-7-10-13-16-19-22-25-26-27-28-29-30-33-36-39-42-45-48-51-60(64)71-57(53-67-58(62)49-46-43-40-37-34-31-23-20-17-14-11-8-5-2)55-69-72(65,66)68-54-56(52-61)70-59(63)50-47-44-41-38-35-32-24-21-18-15-12-9-6-3/h12,15-16,19,21,24-26,56-57,61H,4-11,13-14,17-18,20,22-23,27-55H2,1-3H3,(H,65,66)/b15-12-,19-16-,24-21-,26-25-. The molecule has 0 aliphatic heterocycles. The highest BCUT2D eigenvalue weighted by Crippen LogP contribution is 2.43. The lowest BCUT2D eigenvalue weighted by molar-refractivity contribution is -0.161. The number of carbonyl (C=O) groups excluding carboxylic acids is 3. The van der Waals surface area contributed by atoms with Gasteiger partial charge in [-0.3, -0.25) is 23.4 Å². The number of aliphatic hydroxyl groups excluding tert-OH is 1. The van der Waals surface area contributed by atoms with E-state index in [9.17, 15) is 28.9 Å². The zero-order valence-electron chi connectivity index (χ0n) is 46.4. The van der Waals surface area contributed by atoms with Gasteiger partial charge in [0.15, 0.2) is 6.10 Å². The number of unbranched alkanes of at least 4 members (excludes halogenated alkanes) is 30. The Balaban J connectivity index is 4.70. The molecule has 72 heavy (non-hydrogen) atoms. The van der Waals surface area contributed by atoms with Crippen molar-refractivity contribution in [3.8, 4) is 0 Å². The third-order valence-electron chi connectivity index (χ3n) is 12.7. The van der Waals surface area contributed by atoms with E-state index in [2.05, 4.69) is 69.4 Å². The SMILES string of the molecule is CCC/C=C\C/C=C\CCCCCCCC(=O)OC(CO)COP(=O)(O)OCC(COC(=O)CCCCCCCCCCCCCCC)OC(=O)CCCCCCCCCCC/C=C\C/C=C\CCCCC. The first-order chi connectivity index (χ1) is 35.2. The van der Waals surface area contributed by atoms with E-state index in [-0.39, 0.29) is 25.9 Å². The predicted molar refractivity (Wildman–Crippen MR) is 298 cm³/mol. The number of hydrogen-bond donors (Lipinski definition) is 2. The molecule has 3 unspecified atom stereocenters. The fourth-order valence-corrected chi connectivity index (χ4v) is 8.97. The van der Waals surface area contributed by atoms with Gasteiger partial charge in [-0.2, -0.15) is 0 Å². The Hall–Kier alpha value is -2.56. The quantitative estimate of drug-likeness (QED) is 0.0197. The molecule has 420 valence electrons. The van der Waals surface area contributed by atoms with Crippen LogP contribution in [0.4, 0.5) is 0 Å². The van der Waals surface area contributed by atoms with E-state index in [1.54, 1.807) is 0 Å². The van der Waals surface area contributed by atoms with Gasteiger partial charge in [0, 0.05) is 19.3 Å². The zero-order valence-corrected chi connectivity index (χ0v) is 47.3. The average Bonchev–Trinajstić information content (AvgIpc) is 3.37. The van der Waals surface area contributed by atoms with Crippen molar-refractivity contribution in [2.24, 2.45) is 0 Å². The summed E-state index contributed by atoms with van der Waals surface area (Å²) in [5, 5.41) is 9.80. The highest BCUT2D eigenvalue weighted by atomic mass is 31.2. The second-order valence-electron chi connectivity index (χ2n) is 19.8. The van der Waals surface area contributed by atoms with Crippen LogP contribution in [0, 0.1) is 0 Å². The van der Waals surface area contributed by atoms with E-state index >= 15 is 0 Å². The van der Waals surface area contributed by atoms with Crippen molar-refractivity contribution in [3.05, 3.63) is 48.6 Å². The summed E-state index contributed by atoms with van der Waals surface area (Å²) in [7, 11) is -4.75. The molecule has 12 heteroatoms. The second-order valence-corrected chi connectivity index (χ2v) is 21.3. The maximum atomic E-state index is 12.9. The molecule has 0 fully saturated rings. The number of rotatable bonds is 55. The molecular formula is C60H109O11P. The molecule has 0 aromatic rings. The predicted octanol–water partition coefficient (Wildman–Crippen LogP) is 17.4. The van der Waals surface area contributed by atoms with Crippen LogP contribution in [-0.4, -0.2) is 66.5 Å². The van der Waals surface area contributed by atoms with Crippen LogP contribution in [0.15, 0.2) is 48.6 Å². The molecular weight excluding hydrogens is 928 g/mol. The van der Waals surface area contributed by atoms with E-state index < -0.39 is 57.8 Å². The Morgan fingerprint density at radius 1 is 0.389 bits per heavy atom. The highest BCUT2D eigenvalue weighted by molar-refractivity contribution is 7.47. The Labute approximate surface area is 441 Å². The van der Waals surface area contributed by atoms with Crippen molar-refractivity contribution < 1.29 is 52.2 Å². The van der Waals surface area contributed by atoms with Crippen molar-refractivity contribution >= 4 is 25.7 Å². The van der Waals surface area contributed by atoms with E-state index in [1.807, 2.05) is 0 Å². The Morgan fingerprint density at radius 2 is 0.708 bits per heavy atom. The number of phosphoric ester groups is 1. The minimum Gasteiger partial charge on any atom is -0.462 e. The van der Waals surface area contributed by atoms with E-state index in [0.717, 1.165) is 96.3 Å². The minimum atomic E-state index is -4.75. The molecule has 0 spiro atoms. The van der Waals surface area contributed by atoms with E-state index in [0.29, 0.717) is 19.3 Å². The fraction of sp³-hybridized carbons (Fsp3) is 0.817. The second kappa shape index (κ2) is 54.7. The average molecular weight is 1040 g/mol. The summed E-state index contributed by atoms with van der Waals surface area (Å²) in [6, 6.07) is 0. The molecule has 3 atom stereocenters. The molecule has 0 saturated carbocycles. The van der Waals surface area contributed by atoms with Crippen LogP contribution in [-0.2, 0) is 42.2 Å². The van der Waals surface area contributed by atoms with Crippen molar-refractivity contribution in [3.63, 3.8) is 0 Å². The van der Waals surface area contributed by atoms with E-state index in [1.165, 1.54) is 122 Å². The van der Waals surface area contributed by atoms with Crippen LogP contribution in [0.3, 0.4) is 0 Å². The smallest absolute Gasteiger partial charge is 0.462 e. The van der Waals surface area contributed by atoms with Crippen LogP contribution in [0.25, 0.3) is 0 Å². The number of phosphoric acid groups is 1. The first-order valence-electron chi connectivity index (χ1n) is 29.5. The lowest BCUT2D eigenvalue weighted by atomic mass is 10.0. The molecule has 0 aliphatic rings. The highest BCUT2D eigenvalue weighted by Gasteiger charge is 2.28. The number of esters is 3. The fourth-order valence-electron chi connectivity index (χ4n) is 8.19. The van der Waals surface area contributed by atoms with Crippen molar-refractivity contribution in [2.45, 2.75) is 290 Å². The van der Waals surface area contributed by atoms with Gasteiger partial charge < -0.3 is 24.2 Å². The zero-order chi connectivity index (χ0) is 52.7. The third-order valence-corrected chi connectivity index (χ3v) is 13.7. The first kappa shape index (κ1) is 69.4. The molecule has 0 saturated heterocycles.